The number of anilines is 1. The Kier molecular flexibility index (Phi) is 7.12. The van der Waals surface area contributed by atoms with Crippen LogP contribution in [0.1, 0.15) is 45.2 Å². The van der Waals surface area contributed by atoms with Crippen LogP contribution in [0.25, 0.3) is 22.2 Å². The summed E-state index contributed by atoms with van der Waals surface area (Å²) in [6.07, 6.45) is -3.19. The fourth-order valence-electron chi connectivity index (χ4n) is 6.22. The predicted molar refractivity (Wildman–Crippen MR) is 143 cm³/mol. The largest absolute Gasteiger partial charge is 0.490 e. The van der Waals surface area contributed by atoms with Gasteiger partial charge >= 0.3 is 6.30 Å². The molecule has 0 bridgehead atoms. The van der Waals surface area contributed by atoms with Crippen molar-refractivity contribution in [1.29, 1.82) is 0 Å². The lowest BCUT2D eigenvalue weighted by Gasteiger charge is -2.46. The number of imidazole rings is 2. The summed E-state index contributed by atoms with van der Waals surface area (Å²) < 4.78 is 49.5. The summed E-state index contributed by atoms with van der Waals surface area (Å²) in [6, 6.07) is 6.63. The number of halogens is 3. The fraction of sp³-hybridized carbons (Fsp3) is 0.556. The monoisotopic (exact) mass is 574 g/mol. The Labute approximate surface area is 233 Å². The zero-order chi connectivity index (χ0) is 29.1. The Morgan fingerprint density at radius 2 is 1.88 bits per heavy atom. The van der Waals surface area contributed by atoms with Crippen molar-refractivity contribution >= 4 is 28.0 Å². The highest BCUT2D eigenvalue weighted by atomic mass is 19.4. The molecule has 0 spiro atoms. The molecule has 4 aromatic rings. The minimum atomic E-state index is -4.53. The minimum Gasteiger partial charge on any atom is -0.387 e. The molecule has 2 aliphatic rings. The number of alkyl halides is 3. The van der Waals surface area contributed by atoms with Crippen LogP contribution in [0.5, 0.6) is 0 Å². The van der Waals surface area contributed by atoms with E-state index >= 15 is 0 Å². The van der Waals surface area contributed by atoms with Crippen LogP contribution in [0.3, 0.4) is 0 Å². The molecule has 6 rings (SSSR count). The first-order valence-corrected chi connectivity index (χ1v) is 13.8. The second kappa shape index (κ2) is 10.5. The number of nitrogens with zero attached hydrogens (tertiary/aromatic N) is 7. The third kappa shape index (κ3) is 5.02. The molecular formula is C27H33F3N8O3. The van der Waals surface area contributed by atoms with Gasteiger partial charge in [0.2, 0.25) is 0 Å². The number of aliphatic hydroxyl groups is 2. The van der Waals surface area contributed by atoms with Crippen molar-refractivity contribution in [3.8, 4) is 0 Å². The van der Waals surface area contributed by atoms with Gasteiger partial charge in [-0.3, -0.25) is 9.47 Å². The van der Waals surface area contributed by atoms with Crippen molar-refractivity contribution < 1.29 is 28.1 Å². The molecule has 220 valence electrons. The first kappa shape index (κ1) is 27.8. The maximum absolute atomic E-state index is 13.8. The van der Waals surface area contributed by atoms with Gasteiger partial charge in [0.1, 0.15) is 36.0 Å². The van der Waals surface area contributed by atoms with Gasteiger partial charge in [-0.15, -0.1) is 13.2 Å². The second-order valence-electron chi connectivity index (χ2n) is 11.3. The third-order valence-electron chi connectivity index (χ3n) is 8.39. The number of nitrogens with two attached hydrogens (primary N) is 1. The van der Waals surface area contributed by atoms with Crippen LogP contribution in [0, 0.1) is 5.92 Å². The Hall–Kier alpha value is -3.33. The van der Waals surface area contributed by atoms with E-state index in [1.807, 2.05) is 0 Å². The van der Waals surface area contributed by atoms with Crippen LogP contribution in [0.4, 0.5) is 19.0 Å². The first-order valence-electron chi connectivity index (χ1n) is 13.8. The maximum atomic E-state index is 13.8. The van der Waals surface area contributed by atoms with Gasteiger partial charge in [0.05, 0.1) is 17.4 Å². The molecule has 0 amide bonds. The molecule has 14 heteroatoms. The smallest absolute Gasteiger partial charge is 0.387 e. The highest BCUT2D eigenvalue weighted by molar-refractivity contribution is 5.81. The molecule has 1 saturated carbocycles. The number of para-hydroxylation sites is 2. The first-order chi connectivity index (χ1) is 19.5. The molecule has 4 heterocycles. The number of fused-ring (bicyclic) bond motifs is 2. The topological polar surface area (TPSA) is 140 Å². The van der Waals surface area contributed by atoms with E-state index in [1.54, 1.807) is 22.8 Å². The SMILES string of the molecule is CC(C)N(C[C@H]1O[C@@H](n2cnc3c(N)ncnc32)[C@H](O)[C@@H]1O)C1CC(CCc2nc3ccccc3n2C(F)(F)F)C1. The van der Waals surface area contributed by atoms with Crippen LogP contribution >= 0.6 is 0 Å². The summed E-state index contributed by atoms with van der Waals surface area (Å²) in [7, 11) is 0. The molecule has 0 radical (unpaired) electrons. The van der Waals surface area contributed by atoms with Crippen LogP contribution < -0.4 is 5.73 Å². The molecular weight excluding hydrogens is 541 g/mol. The Morgan fingerprint density at radius 1 is 1.12 bits per heavy atom. The zero-order valence-electron chi connectivity index (χ0n) is 22.7. The molecule has 1 saturated heterocycles. The Bertz CT molecular complexity index is 1530. The fourth-order valence-corrected chi connectivity index (χ4v) is 6.22. The van der Waals surface area contributed by atoms with Crippen LogP contribution in [0.15, 0.2) is 36.9 Å². The molecule has 11 nitrogen and oxygen atoms in total. The second-order valence-corrected chi connectivity index (χ2v) is 11.3. The lowest BCUT2D eigenvalue weighted by molar-refractivity contribution is -0.202. The number of nitrogen functional groups attached to an aromatic ring is 1. The van der Waals surface area contributed by atoms with Crippen molar-refractivity contribution in [2.75, 3.05) is 12.3 Å². The van der Waals surface area contributed by atoms with E-state index in [0.29, 0.717) is 34.2 Å². The van der Waals surface area contributed by atoms with E-state index in [9.17, 15) is 23.4 Å². The number of rotatable bonds is 8. The predicted octanol–water partition coefficient (Wildman–Crippen LogP) is 2.98. The van der Waals surface area contributed by atoms with Crippen molar-refractivity contribution in [2.45, 2.75) is 82.5 Å². The quantitative estimate of drug-likeness (QED) is 0.290. The van der Waals surface area contributed by atoms with E-state index in [-0.39, 0.29) is 41.6 Å². The Morgan fingerprint density at radius 3 is 2.61 bits per heavy atom. The number of benzene rings is 1. The summed E-state index contributed by atoms with van der Waals surface area (Å²) in [5, 5.41) is 21.7. The summed E-state index contributed by atoms with van der Waals surface area (Å²) in [6.45, 7) is 4.49. The van der Waals surface area contributed by atoms with Crippen LogP contribution in [0.2, 0.25) is 0 Å². The number of ether oxygens (including phenoxy) is 1. The van der Waals surface area contributed by atoms with Crippen molar-refractivity contribution in [3.63, 3.8) is 0 Å². The van der Waals surface area contributed by atoms with E-state index in [4.69, 9.17) is 10.5 Å². The van der Waals surface area contributed by atoms with E-state index in [0.717, 1.165) is 12.8 Å². The highest BCUT2D eigenvalue weighted by Gasteiger charge is 2.46. The molecule has 41 heavy (non-hydrogen) atoms. The van der Waals surface area contributed by atoms with E-state index in [2.05, 4.69) is 38.7 Å². The average molecular weight is 575 g/mol. The van der Waals surface area contributed by atoms with Gasteiger partial charge in [0.15, 0.2) is 17.7 Å². The van der Waals surface area contributed by atoms with Gasteiger partial charge in [-0.1, -0.05) is 12.1 Å². The molecule has 2 fully saturated rings. The van der Waals surface area contributed by atoms with Gasteiger partial charge in [0, 0.05) is 25.0 Å². The zero-order valence-corrected chi connectivity index (χ0v) is 22.7. The van der Waals surface area contributed by atoms with Gasteiger partial charge in [-0.2, -0.15) is 0 Å². The highest BCUT2D eigenvalue weighted by Crippen LogP contribution is 2.39. The molecule has 1 aromatic carbocycles. The lowest BCUT2D eigenvalue weighted by atomic mass is 9.76. The summed E-state index contributed by atoms with van der Waals surface area (Å²) >= 11 is 0. The van der Waals surface area contributed by atoms with E-state index < -0.39 is 30.8 Å². The van der Waals surface area contributed by atoms with Gasteiger partial charge in [0.25, 0.3) is 0 Å². The summed E-state index contributed by atoms with van der Waals surface area (Å²) in [5.41, 5.74) is 7.08. The summed E-state index contributed by atoms with van der Waals surface area (Å²) in [5.74, 6) is 0.502. The van der Waals surface area contributed by atoms with Crippen molar-refractivity contribution in [2.24, 2.45) is 5.92 Å². The number of hydrogen-bond acceptors (Lipinski definition) is 9. The molecule has 1 aliphatic carbocycles. The normalized spacial score (nSPS) is 27.0. The van der Waals surface area contributed by atoms with Gasteiger partial charge in [-0.25, -0.2) is 24.5 Å². The maximum Gasteiger partial charge on any atom is 0.490 e. The van der Waals surface area contributed by atoms with Crippen molar-refractivity contribution in [1.82, 2.24) is 34.0 Å². The van der Waals surface area contributed by atoms with Gasteiger partial charge in [-0.05, 0) is 51.2 Å². The van der Waals surface area contributed by atoms with Crippen LogP contribution in [-0.2, 0) is 17.5 Å². The van der Waals surface area contributed by atoms with E-state index in [1.165, 1.54) is 18.7 Å². The lowest BCUT2D eigenvalue weighted by Crippen LogP contribution is -2.52. The number of aromatic nitrogens is 6. The van der Waals surface area contributed by atoms with Crippen LogP contribution in [-0.4, -0.2) is 81.1 Å². The molecule has 4 atom stereocenters. The van der Waals surface area contributed by atoms with Gasteiger partial charge < -0.3 is 20.7 Å². The molecule has 1 aliphatic heterocycles. The summed E-state index contributed by atoms with van der Waals surface area (Å²) in [4.78, 5) is 18.9. The number of aryl methyl sites for hydroxylation is 1. The minimum absolute atomic E-state index is 0.0319. The Balaban J connectivity index is 1.09. The average Bonchev–Trinajstić information content (AvgIpc) is 3.57. The third-order valence-corrected chi connectivity index (χ3v) is 8.39. The molecule has 3 aromatic heterocycles. The molecule has 4 N–H and O–H groups in total. The number of hydrogen-bond donors (Lipinski definition) is 3. The molecule has 0 unspecified atom stereocenters. The van der Waals surface area contributed by atoms with Crippen molar-refractivity contribution in [3.05, 3.63) is 42.7 Å². The standard InChI is InChI=1S/C27H33F3N8O3/c1-14(2)36(11-19-22(39)23(40)26(41-19)37-13-34-21-24(31)32-12-33-25(21)37)16-9-15(10-16)7-8-20-35-17-5-3-4-6-18(17)38(20)27(28,29)30/h3-6,12-16,19,22-23,26,39-40H,7-11H2,1-2H3,(H2,31,32,33)/t15?,16?,19-,22-,23-,26-/m1/s1. The number of aliphatic hydroxyl groups excluding tert-OH is 2.